The highest BCUT2D eigenvalue weighted by molar-refractivity contribution is 6.02. The first kappa shape index (κ1) is 13.4. The van der Waals surface area contributed by atoms with Crippen LogP contribution < -0.4 is 5.32 Å². The van der Waals surface area contributed by atoms with Gasteiger partial charge in [0.1, 0.15) is 0 Å². The number of hydrogen-bond acceptors (Lipinski definition) is 4. The molecule has 0 bridgehead atoms. The molecule has 2 rings (SSSR count). The van der Waals surface area contributed by atoms with Crippen LogP contribution in [0.1, 0.15) is 20.9 Å². The summed E-state index contributed by atoms with van der Waals surface area (Å²) in [5.41, 5.74) is 0.899. The van der Waals surface area contributed by atoms with Crippen LogP contribution in [0.5, 0.6) is 0 Å². The molecule has 2 aromatic rings. The summed E-state index contributed by atoms with van der Waals surface area (Å²) < 4.78 is 9.75. The van der Waals surface area contributed by atoms with Crippen LogP contribution in [0.2, 0.25) is 0 Å². The van der Waals surface area contributed by atoms with Crippen molar-refractivity contribution in [3.63, 3.8) is 0 Å². The maximum absolute atomic E-state index is 11.7. The lowest BCUT2D eigenvalue weighted by Crippen LogP contribution is -2.11. The van der Waals surface area contributed by atoms with E-state index in [2.05, 4.69) is 11.2 Å². The number of nitrogens with one attached hydrogen (secondary N) is 1. The van der Waals surface area contributed by atoms with Crippen molar-refractivity contribution in [1.82, 2.24) is 0 Å². The molecule has 0 saturated carbocycles. The second-order valence-corrected chi connectivity index (χ2v) is 3.79. The van der Waals surface area contributed by atoms with Gasteiger partial charge in [0.2, 0.25) is 0 Å². The van der Waals surface area contributed by atoms with Gasteiger partial charge in [-0.05, 0) is 36.4 Å². The highest BCUT2D eigenvalue weighted by atomic mass is 16.5. The zero-order valence-corrected chi connectivity index (χ0v) is 10.5. The van der Waals surface area contributed by atoms with Crippen LogP contribution in [-0.4, -0.2) is 18.5 Å². The Balaban J connectivity index is 2.00. The van der Waals surface area contributed by atoms with Crippen LogP contribution in [0.25, 0.3) is 0 Å². The molecule has 1 aromatic heterocycles. The van der Waals surface area contributed by atoms with Crippen LogP contribution in [0.4, 0.5) is 5.69 Å². The quantitative estimate of drug-likeness (QED) is 0.683. The molecule has 1 N–H and O–H groups in total. The lowest BCUT2D eigenvalue weighted by Gasteiger charge is -2.05. The Kier molecular flexibility index (Phi) is 4.20. The molecule has 0 aliphatic carbocycles. The van der Waals surface area contributed by atoms with Crippen molar-refractivity contribution in [2.24, 2.45) is 0 Å². The van der Waals surface area contributed by atoms with E-state index < -0.39 is 5.97 Å². The third kappa shape index (κ3) is 3.27. The maximum Gasteiger partial charge on any atom is 0.339 e. The van der Waals surface area contributed by atoms with Crippen molar-refractivity contribution >= 4 is 17.6 Å². The number of carbonyl (C=O) groups is 2. The van der Waals surface area contributed by atoms with Crippen molar-refractivity contribution in [2.45, 2.75) is 0 Å². The second kappa shape index (κ2) is 6.25. The number of anilines is 1. The zero-order chi connectivity index (χ0) is 14.4. The summed E-state index contributed by atoms with van der Waals surface area (Å²) in [6.07, 6.45) is 6.41. The number of esters is 1. The van der Waals surface area contributed by atoms with Crippen molar-refractivity contribution in [3.05, 3.63) is 54.0 Å². The smallest absolute Gasteiger partial charge is 0.339 e. The number of benzene rings is 1. The fourth-order valence-corrected chi connectivity index (χ4v) is 1.48. The molecule has 0 unspecified atom stereocenters. The molecule has 1 aromatic carbocycles. The molecular weight excluding hydrogens is 258 g/mol. The van der Waals surface area contributed by atoms with Gasteiger partial charge in [0.05, 0.1) is 11.8 Å². The molecule has 0 spiro atoms. The monoisotopic (exact) mass is 269 g/mol. The Morgan fingerprint density at radius 3 is 2.60 bits per heavy atom. The molecule has 0 aliphatic rings. The van der Waals surface area contributed by atoms with E-state index >= 15 is 0 Å². The van der Waals surface area contributed by atoms with Crippen molar-refractivity contribution in [2.75, 3.05) is 11.9 Å². The molecule has 5 nitrogen and oxygen atoms in total. The number of terminal acetylenes is 1. The van der Waals surface area contributed by atoms with Crippen LogP contribution >= 0.6 is 0 Å². The van der Waals surface area contributed by atoms with E-state index in [1.807, 2.05) is 0 Å². The average molecular weight is 269 g/mol. The Bertz CT molecular complexity index is 636. The highest BCUT2D eigenvalue weighted by Crippen LogP contribution is 2.12. The van der Waals surface area contributed by atoms with Crippen LogP contribution in [0, 0.1) is 12.3 Å². The standard InChI is InChI=1S/C15H11NO4/c1-2-9-20-15(18)11-5-7-12(8-6-11)16-14(17)13-4-3-10-19-13/h1,3-8,10H,9H2,(H,16,17). The zero-order valence-electron chi connectivity index (χ0n) is 10.5. The summed E-state index contributed by atoms with van der Waals surface area (Å²) in [6, 6.07) is 9.44. The van der Waals surface area contributed by atoms with E-state index in [1.165, 1.54) is 18.4 Å². The maximum atomic E-state index is 11.7. The van der Waals surface area contributed by atoms with Gasteiger partial charge in [-0.15, -0.1) is 6.42 Å². The first-order chi connectivity index (χ1) is 9.70. The average Bonchev–Trinajstić information content (AvgIpc) is 3.00. The first-order valence-electron chi connectivity index (χ1n) is 5.76. The predicted molar refractivity (Wildman–Crippen MR) is 72.2 cm³/mol. The number of furan rings is 1. The Hall–Kier alpha value is -3.00. The summed E-state index contributed by atoms with van der Waals surface area (Å²) in [5, 5.41) is 2.64. The molecule has 0 saturated heterocycles. The number of amides is 1. The molecule has 0 radical (unpaired) electrons. The molecule has 1 heterocycles. The van der Waals surface area contributed by atoms with E-state index in [9.17, 15) is 9.59 Å². The minimum Gasteiger partial charge on any atom is -0.459 e. The predicted octanol–water partition coefficient (Wildman–Crippen LogP) is 2.32. The molecule has 5 heteroatoms. The molecule has 1 amide bonds. The Morgan fingerprint density at radius 2 is 2.00 bits per heavy atom. The Morgan fingerprint density at radius 1 is 1.25 bits per heavy atom. The van der Waals surface area contributed by atoms with Gasteiger partial charge >= 0.3 is 5.97 Å². The van der Waals surface area contributed by atoms with Gasteiger partial charge in [-0.3, -0.25) is 4.79 Å². The number of carbonyl (C=O) groups excluding carboxylic acids is 2. The van der Waals surface area contributed by atoms with Gasteiger partial charge in [0.25, 0.3) is 5.91 Å². The van der Waals surface area contributed by atoms with Crippen molar-refractivity contribution in [1.29, 1.82) is 0 Å². The summed E-state index contributed by atoms with van der Waals surface area (Å²) in [4.78, 5) is 23.2. The summed E-state index contributed by atoms with van der Waals surface area (Å²) in [6.45, 7) is -0.0736. The normalized spacial score (nSPS) is 9.55. The lowest BCUT2D eigenvalue weighted by molar-refractivity contribution is 0.0556. The van der Waals surface area contributed by atoms with E-state index in [0.717, 1.165) is 0 Å². The fourth-order valence-electron chi connectivity index (χ4n) is 1.48. The van der Waals surface area contributed by atoms with Crippen molar-refractivity contribution in [3.8, 4) is 12.3 Å². The topological polar surface area (TPSA) is 68.5 Å². The molecule has 0 aliphatic heterocycles. The van der Waals surface area contributed by atoms with Crippen LogP contribution in [0.3, 0.4) is 0 Å². The minimum atomic E-state index is -0.508. The van der Waals surface area contributed by atoms with Gasteiger partial charge in [0.15, 0.2) is 12.4 Å². The summed E-state index contributed by atoms with van der Waals surface area (Å²) >= 11 is 0. The fraction of sp³-hybridized carbons (Fsp3) is 0.0667. The van der Waals surface area contributed by atoms with E-state index in [0.29, 0.717) is 11.3 Å². The molecule has 0 fully saturated rings. The number of ether oxygens (including phenoxy) is 1. The van der Waals surface area contributed by atoms with Gasteiger partial charge in [-0.1, -0.05) is 5.92 Å². The van der Waals surface area contributed by atoms with Crippen molar-refractivity contribution < 1.29 is 18.7 Å². The molecule has 0 atom stereocenters. The van der Waals surface area contributed by atoms with E-state index in [-0.39, 0.29) is 18.3 Å². The van der Waals surface area contributed by atoms with E-state index in [4.69, 9.17) is 15.6 Å². The minimum absolute atomic E-state index is 0.0736. The van der Waals surface area contributed by atoms with E-state index in [1.54, 1.807) is 24.3 Å². The van der Waals surface area contributed by atoms with Gasteiger partial charge in [0, 0.05) is 5.69 Å². The summed E-state index contributed by atoms with van der Waals surface area (Å²) in [5.74, 6) is 1.55. The van der Waals surface area contributed by atoms with Gasteiger partial charge < -0.3 is 14.5 Å². The summed E-state index contributed by atoms with van der Waals surface area (Å²) in [7, 11) is 0. The second-order valence-electron chi connectivity index (χ2n) is 3.79. The molecule has 100 valence electrons. The first-order valence-corrected chi connectivity index (χ1v) is 5.76. The lowest BCUT2D eigenvalue weighted by atomic mass is 10.2. The largest absolute Gasteiger partial charge is 0.459 e. The van der Waals surface area contributed by atoms with Gasteiger partial charge in [-0.25, -0.2) is 4.79 Å². The van der Waals surface area contributed by atoms with Gasteiger partial charge in [-0.2, -0.15) is 0 Å². The van der Waals surface area contributed by atoms with Crippen LogP contribution in [-0.2, 0) is 4.74 Å². The molecular formula is C15H11NO4. The third-order valence-electron chi connectivity index (χ3n) is 2.41. The van der Waals surface area contributed by atoms with Crippen LogP contribution in [0.15, 0.2) is 47.1 Å². The Labute approximate surface area is 115 Å². The number of hydrogen-bond donors (Lipinski definition) is 1. The highest BCUT2D eigenvalue weighted by Gasteiger charge is 2.10. The number of rotatable bonds is 4. The SMILES string of the molecule is C#CCOC(=O)c1ccc(NC(=O)c2ccco2)cc1. The molecule has 20 heavy (non-hydrogen) atoms. The third-order valence-corrected chi connectivity index (χ3v) is 2.41.